The molecule has 0 aliphatic heterocycles. The first-order valence-electron chi connectivity index (χ1n) is 0.928. The Balaban J connectivity index is -0.0000000150. The van der Waals surface area contributed by atoms with Gasteiger partial charge in [0.2, 0.25) is 0 Å². The Hall–Kier alpha value is 1.53. The molecular weight excluding hydrogens is 139 g/mol. The van der Waals surface area contributed by atoms with E-state index in [0.29, 0.717) is 0 Å². The van der Waals surface area contributed by atoms with Gasteiger partial charge in [-0.3, -0.25) is 4.79 Å². The number of hydrogen-bond donors (Lipinski definition) is 1. The van der Waals surface area contributed by atoms with Crippen molar-refractivity contribution >= 4 is 71.0 Å². The van der Waals surface area contributed by atoms with Crippen molar-refractivity contribution in [1.29, 1.82) is 0 Å². The molecule has 0 atom stereocenters. The van der Waals surface area contributed by atoms with Gasteiger partial charge in [-0.05, 0) is 0 Å². The topological polar surface area (TPSA) is 37.3 Å². The van der Waals surface area contributed by atoms with Crippen molar-refractivity contribution in [1.82, 2.24) is 0 Å². The molecule has 1 N–H and O–H groups in total. The van der Waals surface area contributed by atoms with Crippen molar-refractivity contribution in [2.24, 2.45) is 0 Å². The molecule has 0 saturated heterocycles. The summed E-state index contributed by atoms with van der Waals surface area (Å²) in [6.45, 7) is 1.08. The van der Waals surface area contributed by atoms with E-state index >= 15 is 0 Å². The third-order valence-electron chi connectivity index (χ3n) is 0. The van der Waals surface area contributed by atoms with Crippen LogP contribution in [-0.4, -0.2) is 63.7 Å². The number of aliphatic carboxylic acids is 1. The van der Waals surface area contributed by atoms with E-state index in [1.54, 1.807) is 0 Å². The molecule has 2 nitrogen and oxygen atoms in total. The molecule has 5 heteroatoms. The molecule has 0 aromatic rings. The standard InChI is InChI=1S/C2H4O2.ClH.Mg.Na.3H/c1-2(3)4;;;;;;/h1H3,(H,3,4);1H;;;;;. The van der Waals surface area contributed by atoms with Crippen molar-refractivity contribution < 1.29 is 9.90 Å². The molecule has 0 aromatic heterocycles. The van der Waals surface area contributed by atoms with Crippen molar-refractivity contribution in [3.05, 3.63) is 0 Å². The van der Waals surface area contributed by atoms with Crippen LogP contribution in [0.3, 0.4) is 0 Å². The normalized spacial score (nSPS) is 3.57. The zero-order valence-corrected chi connectivity index (χ0v) is 3.58. The summed E-state index contributed by atoms with van der Waals surface area (Å²) in [5.74, 6) is -0.833. The summed E-state index contributed by atoms with van der Waals surface area (Å²) in [6, 6.07) is 0. The predicted octanol–water partition coefficient (Wildman–Crippen LogP) is -1.05. The Kier molecular flexibility index (Phi) is 52.7. The van der Waals surface area contributed by atoms with E-state index in [2.05, 4.69) is 0 Å². The molecule has 0 aliphatic carbocycles. The van der Waals surface area contributed by atoms with Gasteiger partial charge in [0.15, 0.2) is 0 Å². The number of hydrogen-bond acceptors (Lipinski definition) is 1. The number of carboxylic acid groups (broad SMARTS) is 1. The van der Waals surface area contributed by atoms with Crippen LogP contribution in [0.5, 0.6) is 0 Å². The summed E-state index contributed by atoms with van der Waals surface area (Å²) < 4.78 is 0. The van der Waals surface area contributed by atoms with E-state index in [1.807, 2.05) is 0 Å². The average molecular weight is 147 g/mol. The summed E-state index contributed by atoms with van der Waals surface area (Å²) in [7, 11) is 0. The second-order valence-electron chi connectivity index (χ2n) is 0.519. The summed E-state index contributed by atoms with van der Waals surface area (Å²) in [5.41, 5.74) is 0. The van der Waals surface area contributed by atoms with Crippen molar-refractivity contribution in [2.75, 3.05) is 0 Å². The quantitative estimate of drug-likeness (QED) is 0.443. The van der Waals surface area contributed by atoms with Gasteiger partial charge < -0.3 is 5.11 Å². The van der Waals surface area contributed by atoms with Crippen LogP contribution in [0, 0.1) is 0 Å². The Bertz CT molecular complexity index is 38.7. The van der Waals surface area contributed by atoms with E-state index in [4.69, 9.17) is 9.90 Å². The van der Waals surface area contributed by atoms with E-state index in [1.165, 1.54) is 0 Å². The number of carbonyl (C=O) groups is 1. The molecule has 0 spiro atoms. The maximum absolute atomic E-state index is 9.00. The SMILES string of the molecule is CC(=O)O.Cl.[MgH2].[NaH]. The summed E-state index contributed by atoms with van der Waals surface area (Å²) >= 11 is 0. The molecule has 0 aliphatic rings. The Morgan fingerprint density at radius 1 is 1.57 bits per heavy atom. The van der Waals surface area contributed by atoms with Crippen LogP contribution in [0.25, 0.3) is 0 Å². The second kappa shape index (κ2) is 15.6. The Morgan fingerprint density at radius 2 is 1.57 bits per heavy atom. The van der Waals surface area contributed by atoms with Crippen molar-refractivity contribution in [3.8, 4) is 0 Å². The average Bonchev–Trinajstić information content (AvgIpc) is 0.811. The molecule has 0 radical (unpaired) electrons. The van der Waals surface area contributed by atoms with Gasteiger partial charge in [0.25, 0.3) is 5.97 Å². The molecule has 0 rings (SSSR count). The Morgan fingerprint density at radius 3 is 1.57 bits per heavy atom. The molecular formula is C2H8ClMgNaO2. The van der Waals surface area contributed by atoms with E-state index in [-0.39, 0.29) is 65.0 Å². The molecule has 0 heterocycles. The fourth-order valence-corrected chi connectivity index (χ4v) is 0. The molecule has 0 amide bonds. The first-order valence-corrected chi connectivity index (χ1v) is 0.928. The molecule has 38 valence electrons. The van der Waals surface area contributed by atoms with Crippen LogP contribution in [0.15, 0.2) is 0 Å². The van der Waals surface area contributed by atoms with Gasteiger partial charge in [0.1, 0.15) is 0 Å². The first kappa shape index (κ1) is 23.6. The van der Waals surface area contributed by atoms with E-state index in [9.17, 15) is 0 Å². The van der Waals surface area contributed by atoms with Crippen LogP contribution >= 0.6 is 12.4 Å². The van der Waals surface area contributed by atoms with Gasteiger partial charge in [-0.1, -0.05) is 0 Å². The van der Waals surface area contributed by atoms with Gasteiger partial charge in [0, 0.05) is 6.92 Å². The molecule has 0 fully saturated rings. The number of rotatable bonds is 0. The summed E-state index contributed by atoms with van der Waals surface area (Å²) in [5, 5.41) is 7.42. The molecule has 0 saturated carbocycles. The fraction of sp³-hybridized carbons (Fsp3) is 0.500. The maximum atomic E-state index is 9.00. The monoisotopic (exact) mass is 146 g/mol. The van der Waals surface area contributed by atoms with Crippen LogP contribution in [0.4, 0.5) is 0 Å². The minimum absolute atomic E-state index is 0. The van der Waals surface area contributed by atoms with Crippen LogP contribution < -0.4 is 0 Å². The second-order valence-corrected chi connectivity index (χ2v) is 0.519. The number of carboxylic acids is 1. The fourth-order valence-electron chi connectivity index (χ4n) is 0. The Labute approximate surface area is 86.9 Å². The molecule has 0 aromatic carbocycles. The molecule has 7 heavy (non-hydrogen) atoms. The summed E-state index contributed by atoms with van der Waals surface area (Å²) in [6.07, 6.45) is 0. The minimum atomic E-state index is -0.833. The van der Waals surface area contributed by atoms with Crippen molar-refractivity contribution in [2.45, 2.75) is 6.92 Å². The van der Waals surface area contributed by atoms with Crippen LogP contribution in [0.1, 0.15) is 6.92 Å². The number of halogens is 1. The van der Waals surface area contributed by atoms with Gasteiger partial charge in [-0.25, -0.2) is 0 Å². The summed E-state index contributed by atoms with van der Waals surface area (Å²) in [4.78, 5) is 9.00. The van der Waals surface area contributed by atoms with E-state index in [0.717, 1.165) is 6.92 Å². The zero-order valence-electron chi connectivity index (χ0n) is 2.76. The van der Waals surface area contributed by atoms with Crippen LogP contribution in [-0.2, 0) is 4.79 Å². The molecule has 0 unspecified atom stereocenters. The van der Waals surface area contributed by atoms with E-state index < -0.39 is 5.97 Å². The van der Waals surface area contributed by atoms with Crippen molar-refractivity contribution in [3.63, 3.8) is 0 Å². The van der Waals surface area contributed by atoms with Gasteiger partial charge >= 0.3 is 52.6 Å². The first-order chi connectivity index (χ1) is 1.73. The zero-order chi connectivity index (χ0) is 3.58. The predicted molar refractivity (Wildman–Crippen MR) is 36.3 cm³/mol. The third kappa shape index (κ3) is 98.7. The third-order valence-corrected chi connectivity index (χ3v) is 0. The van der Waals surface area contributed by atoms with Gasteiger partial charge in [-0.2, -0.15) is 0 Å². The van der Waals surface area contributed by atoms with Gasteiger partial charge in [-0.15, -0.1) is 12.4 Å². The molecule has 0 bridgehead atoms. The van der Waals surface area contributed by atoms with Gasteiger partial charge in [0.05, 0.1) is 0 Å². The van der Waals surface area contributed by atoms with Crippen LogP contribution in [0.2, 0.25) is 0 Å².